The number of nitrogens with zero attached hydrogens (tertiary/aromatic N) is 1. The van der Waals surface area contributed by atoms with Gasteiger partial charge in [0.25, 0.3) is 0 Å². The Labute approximate surface area is 78.3 Å². The summed E-state index contributed by atoms with van der Waals surface area (Å²) in [6, 6.07) is 0. The minimum Gasteiger partial charge on any atom is -0.444 e. The molecule has 0 radical (unpaired) electrons. The lowest BCUT2D eigenvalue weighted by atomic mass is 10.2. The molecular weight excluding hydrogens is 164 g/mol. The van der Waals surface area contributed by atoms with Crippen LogP contribution in [0, 0.1) is 12.8 Å². The highest BCUT2D eigenvalue weighted by atomic mass is 16.4. The van der Waals surface area contributed by atoms with E-state index in [1.165, 1.54) is 12.8 Å². The first-order valence-corrected chi connectivity index (χ1v) is 4.92. The third kappa shape index (κ3) is 1.48. The number of aryl methyl sites for hydroxylation is 1. The summed E-state index contributed by atoms with van der Waals surface area (Å²) in [6.45, 7) is 4.63. The fraction of sp³-hybridized carbons (Fsp3) is 0.700. The second-order valence-electron chi connectivity index (χ2n) is 3.78. The number of rotatable bonds is 3. The monoisotopic (exact) mass is 180 g/mol. The number of hydrogen-bond acceptors (Lipinski definition) is 3. The van der Waals surface area contributed by atoms with E-state index < -0.39 is 0 Å². The molecule has 13 heavy (non-hydrogen) atoms. The van der Waals surface area contributed by atoms with E-state index in [-0.39, 0.29) is 0 Å². The van der Waals surface area contributed by atoms with E-state index in [2.05, 4.69) is 11.9 Å². The summed E-state index contributed by atoms with van der Waals surface area (Å²) in [5, 5.41) is 0. The molecule has 1 fully saturated rings. The van der Waals surface area contributed by atoms with Crippen molar-refractivity contribution in [3.63, 3.8) is 0 Å². The number of hydrogen-bond donors (Lipinski definition) is 1. The summed E-state index contributed by atoms with van der Waals surface area (Å²) in [6.07, 6.45) is 2.46. The van der Waals surface area contributed by atoms with Crippen molar-refractivity contribution < 1.29 is 4.42 Å². The molecular formula is C10H16N2O. The molecule has 1 aromatic heterocycles. The zero-order valence-electron chi connectivity index (χ0n) is 8.21. The summed E-state index contributed by atoms with van der Waals surface area (Å²) < 4.78 is 5.58. The normalized spacial score (nSPS) is 26.4. The Morgan fingerprint density at radius 3 is 2.85 bits per heavy atom. The van der Waals surface area contributed by atoms with Gasteiger partial charge in [0, 0.05) is 5.92 Å². The van der Waals surface area contributed by atoms with Crippen molar-refractivity contribution in [1.29, 1.82) is 0 Å². The molecule has 1 aliphatic rings. The first-order chi connectivity index (χ1) is 6.26. The quantitative estimate of drug-likeness (QED) is 0.773. The van der Waals surface area contributed by atoms with Crippen LogP contribution in [0.5, 0.6) is 0 Å². The molecule has 2 N–H and O–H groups in total. The van der Waals surface area contributed by atoms with E-state index in [9.17, 15) is 0 Å². The maximum Gasteiger partial charge on any atom is 0.198 e. The molecule has 0 bridgehead atoms. The molecule has 72 valence electrons. The lowest BCUT2D eigenvalue weighted by Gasteiger charge is -1.90. The first-order valence-electron chi connectivity index (χ1n) is 4.92. The SMILES string of the molecule is CC[C@@H]1C[C@H]1c1nc(C)c(CN)o1. The molecule has 0 unspecified atom stereocenters. The fourth-order valence-corrected chi connectivity index (χ4v) is 1.80. The van der Waals surface area contributed by atoms with Gasteiger partial charge in [-0.2, -0.15) is 0 Å². The lowest BCUT2D eigenvalue weighted by molar-refractivity contribution is 0.449. The third-order valence-corrected chi connectivity index (χ3v) is 2.86. The summed E-state index contributed by atoms with van der Waals surface area (Å²) in [5.74, 6) is 3.12. The van der Waals surface area contributed by atoms with Crippen LogP contribution in [0.25, 0.3) is 0 Å². The summed E-state index contributed by atoms with van der Waals surface area (Å²) in [4.78, 5) is 4.39. The van der Waals surface area contributed by atoms with Crippen molar-refractivity contribution in [3.8, 4) is 0 Å². The average Bonchev–Trinajstić information content (AvgIpc) is 2.83. The van der Waals surface area contributed by atoms with E-state index in [1.54, 1.807) is 0 Å². The van der Waals surface area contributed by atoms with Gasteiger partial charge in [-0.1, -0.05) is 13.3 Å². The van der Waals surface area contributed by atoms with E-state index in [0.717, 1.165) is 23.3 Å². The van der Waals surface area contributed by atoms with Gasteiger partial charge in [0.05, 0.1) is 12.2 Å². The standard InChI is InChI=1S/C10H16N2O/c1-3-7-4-8(7)10-12-6(2)9(5-11)13-10/h7-8H,3-5,11H2,1-2H3/t7-,8-/m1/s1. The van der Waals surface area contributed by atoms with Crippen LogP contribution < -0.4 is 5.73 Å². The van der Waals surface area contributed by atoms with Crippen LogP contribution in [-0.4, -0.2) is 4.98 Å². The Kier molecular flexibility index (Phi) is 2.12. The molecule has 0 spiro atoms. The van der Waals surface area contributed by atoms with Gasteiger partial charge in [-0.25, -0.2) is 4.98 Å². The smallest absolute Gasteiger partial charge is 0.198 e. The summed E-state index contributed by atoms with van der Waals surface area (Å²) in [5.41, 5.74) is 6.48. The number of nitrogens with two attached hydrogens (primary N) is 1. The van der Waals surface area contributed by atoms with Crippen LogP contribution in [-0.2, 0) is 6.54 Å². The van der Waals surface area contributed by atoms with Crippen LogP contribution in [0.2, 0.25) is 0 Å². The minimum atomic E-state index is 0.461. The average molecular weight is 180 g/mol. The zero-order valence-corrected chi connectivity index (χ0v) is 8.21. The largest absolute Gasteiger partial charge is 0.444 e. The van der Waals surface area contributed by atoms with E-state index in [4.69, 9.17) is 10.2 Å². The van der Waals surface area contributed by atoms with Gasteiger partial charge in [-0.05, 0) is 19.3 Å². The van der Waals surface area contributed by atoms with Crippen molar-refractivity contribution in [1.82, 2.24) is 4.98 Å². The molecule has 2 rings (SSSR count). The number of oxazole rings is 1. The Morgan fingerprint density at radius 1 is 1.62 bits per heavy atom. The van der Waals surface area contributed by atoms with Crippen LogP contribution in [0.4, 0.5) is 0 Å². The van der Waals surface area contributed by atoms with Gasteiger partial charge in [0.1, 0.15) is 5.76 Å². The Hall–Kier alpha value is -0.830. The highest BCUT2D eigenvalue weighted by molar-refractivity contribution is 5.14. The lowest BCUT2D eigenvalue weighted by Crippen LogP contribution is -1.95. The fourth-order valence-electron chi connectivity index (χ4n) is 1.80. The van der Waals surface area contributed by atoms with E-state index in [1.807, 2.05) is 6.92 Å². The molecule has 1 aromatic rings. The van der Waals surface area contributed by atoms with Crippen molar-refractivity contribution in [2.75, 3.05) is 0 Å². The van der Waals surface area contributed by atoms with E-state index >= 15 is 0 Å². The number of aromatic nitrogens is 1. The van der Waals surface area contributed by atoms with Gasteiger partial charge < -0.3 is 10.2 Å². The van der Waals surface area contributed by atoms with Crippen LogP contribution in [0.15, 0.2) is 4.42 Å². The molecule has 1 heterocycles. The molecule has 0 aromatic carbocycles. The maximum absolute atomic E-state index is 5.58. The van der Waals surface area contributed by atoms with Crippen LogP contribution in [0.1, 0.15) is 43.0 Å². The molecule has 0 aliphatic heterocycles. The van der Waals surface area contributed by atoms with Gasteiger partial charge in [-0.15, -0.1) is 0 Å². The maximum atomic E-state index is 5.58. The van der Waals surface area contributed by atoms with Crippen molar-refractivity contribution in [2.45, 2.75) is 39.2 Å². The van der Waals surface area contributed by atoms with Crippen LogP contribution >= 0.6 is 0 Å². The highest BCUT2D eigenvalue weighted by Gasteiger charge is 2.40. The molecule has 1 aliphatic carbocycles. The second-order valence-corrected chi connectivity index (χ2v) is 3.78. The Balaban J connectivity index is 2.14. The van der Waals surface area contributed by atoms with Crippen molar-refractivity contribution >= 4 is 0 Å². The predicted octanol–water partition coefficient (Wildman–Crippen LogP) is 1.96. The molecule has 0 saturated heterocycles. The molecule has 3 nitrogen and oxygen atoms in total. The van der Waals surface area contributed by atoms with Crippen LogP contribution in [0.3, 0.4) is 0 Å². The second kappa shape index (κ2) is 3.14. The minimum absolute atomic E-state index is 0.461. The van der Waals surface area contributed by atoms with Gasteiger partial charge in [0.2, 0.25) is 0 Å². The van der Waals surface area contributed by atoms with Gasteiger partial charge >= 0.3 is 0 Å². The van der Waals surface area contributed by atoms with Crippen molar-refractivity contribution in [2.24, 2.45) is 11.7 Å². The molecule has 3 heteroatoms. The zero-order chi connectivity index (χ0) is 9.42. The topological polar surface area (TPSA) is 52.0 Å². The summed E-state index contributed by atoms with van der Waals surface area (Å²) >= 11 is 0. The van der Waals surface area contributed by atoms with E-state index in [0.29, 0.717) is 12.5 Å². The predicted molar refractivity (Wildman–Crippen MR) is 50.3 cm³/mol. The Morgan fingerprint density at radius 2 is 2.38 bits per heavy atom. The molecule has 0 amide bonds. The van der Waals surface area contributed by atoms with Gasteiger partial charge in [0.15, 0.2) is 5.89 Å². The third-order valence-electron chi connectivity index (χ3n) is 2.86. The first kappa shape index (κ1) is 8.75. The Bertz CT molecular complexity index is 306. The highest BCUT2D eigenvalue weighted by Crippen LogP contribution is 2.49. The van der Waals surface area contributed by atoms with Crippen molar-refractivity contribution in [3.05, 3.63) is 17.3 Å². The van der Waals surface area contributed by atoms with Gasteiger partial charge in [-0.3, -0.25) is 0 Å². The molecule has 2 atom stereocenters. The summed E-state index contributed by atoms with van der Waals surface area (Å²) in [7, 11) is 0. The molecule has 1 saturated carbocycles.